The summed E-state index contributed by atoms with van der Waals surface area (Å²) in [7, 11) is -7.04. The van der Waals surface area contributed by atoms with Crippen molar-refractivity contribution in [3.63, 3.8) is 0 Å². The highest BCUT2D eigenvalue weighted by atomic mass is 35.5. The van der Waals surface area contributed by atoms with Gasteiger partial charge in [0.25, 0.3) is 0 Å². The van der Waals surface area contributed by atoms with Gasteiger partial charge in [-0.3, -0.25) is 0 Å². The zero-order chi connectivity index (χ0) is 19.4. The lowest BCUT2D eigenvalue weighted by Gasteiger charge is -2.18. The predicted octanol–water partition coefficient (Wildman–Crippen LogP) is 3.60. The highest BCUT2D eigenvalue weighted by Gasteiger charge is 2.31. The van der Waals surface area contributed by atoms with E-state index in [9.17, 15) is 21.2 Å². The number of hydrogen-bond acceptors (Lipinski definition) is 5. The molecule has 0 radical (unpaired) electrons. The van der Waals surface area contributed by atoms with E-state index in [1.165, 1.54) is 42.6 Å². The van der Waals surface area contributed by atoms with Gasteiger partial charge in [-0.05, 0) is 43.2 Å². The number of sulfone groups is 2. The quantitative estimate of drug-likeness (QED) is 0.482. The van der Waals surface area contributed by atoms with Crippen LogP contribution in [0.25, 0.3) is 0 Å². The Morgan fingerprint density at radius 2 is 1.73 bits per heavy atom. The minimum absolute atomic E-state index is 0.0261. The van der Waals surface area contributed by atoms with E-state index in [2.05, 4.69) is 4.98 Å². The third-order valence-electron chi connectivity index (χ3n) is 3.88. The fourth-order valence-electron chi connectivity index (χ4n) is 2.60. The lowest BCUT2D eigenvalue weighted by atomic mass is 10.1. The Morgan fingerprint density at radius 3 is 2.31 bits per heavy atom. The second-order valence-corrected chi connectivity index (χ2v) is 10.8. The van der Waals surface area contributed by atoms with Crippen LogP contribution in [0, 0.1) is 5.95 Å². The van der Waals surface area contributed by atoms with Gasteiger partial charge in [0.2, 0.25) is 5.95 Å². The third kappa shape index (κ3) is 5.49. The van der Waals surface area contributed by atoms with Crippen molar-refractivity contribution in [3.8, 4) is 0 Å². The Kier molecular flexibility index (Phi) is 6.76. The van der Waals surface area contributed by atoms with Gasteiger partial charge in [-0.2, -0.15) is 4.39 Å². The van der Waals surface area contributed by atoms with Crippen LogP contribution in [0.15, 0.2) is 47.5 Å². The van der Waals surface area contributed by atoms with Crippen LogP contribution in [0.4, 0.5) is 4.39 Å². The number of halogens is 2. The Balaban J connectivity index is 2.34. The molecule has 2 rings (SSSR count). The lowest BCUT2D eigenvalue weighted by molar-refractivity contribution is 0.533. The molecule has 0 aliphatic carbocycles. The van der Waals surface area contributed by atoms with E-state index in [-0.39, 0.29) is 22.6 Å². The standard InChI is InChI=1S/C17H19ClFNO4S2/c1-25(21,22)12-3-2-6-16(15-5-4-11-20-17(15)19)26(23,24)14-9-7-13(18)8-10-14/h4-5,7-11,16H,2-3,6,12H2,1H3. The van der Waals surface area contributed by atoms with Gasteiger partial charge >= 0.3 is 0 Å². The fraction of sp³-hybridized carbons (Fsp3) is 0.353. The lowest BCUT2D eigenvalue weighted by Crippen LogP contribution is -2.16. The summed E-state index contributed by atoms with van der Waals surface area (Å²) in [6.07, 6.45) is 3.07. The first kappa shape index (κ1) is 20.8. The molecule has 1 heterocycles. The van der Waals surface area contributed by atoms with Crippen LogP contribution in [0.3, 0.4) is 0 Å². The zero-order valence-corrected chi connectivity index (χ0v) is 16.5. The van der Waals surface area contributed by atoms with E-state index < -0.39 is 30.9 Å². The summed E-state index contributed by atoms with van der Waals surface area (Å²) in [4.78, 5) is 3.57. The van der Waals surface area contributed by atoms with E-state index >= 15 is 0 Å². The number of aromatic nitrogens is 1. The number of rotatable bonds is 8. The van der Waals surface area contributed by atoms with Gasteiger partial charge in [0.15, 0.2) is 9.84 Å². The number of nitrogens with zero attached hydrogens (tertiary/aromatic N) is 1. The van der Waals surface area contributed by atoms with E-state index in [1.54, 1.807) is 0 Å². The van der Waals surface area contributed by atoms with Crippen molar-refractivity contribution in [1.29, 1.82) is 0 Å². The molecule has 142 valence electrons. The van der Waals surface area contributed by atoms with E-state index in [1.807, 2.05) is 0 Å². The van der Waals surface area contributed by atoms with Gasteiger partial charge in [0.1, 0.15) is 9.84 Å². The van der Waals surface area contributed by atoms with Crippen LogP contribution < -0.4 is 0 Å². The van der Waals surface area contributed by atoms with Crippen molar-refractivity contribution >= 4 is 31.3 Å². The first-order valence-electron chi connectivity index (χ1n) is 7.89. The third-order valence-corrected chi connectivity index (χ3v) is 7.33. The second-order valence-electron chi connectivity index (χ2n) is 6.00. The number of benzene rings is 1. The minimum Gasteiger partial charge on any atom is -0.229 e. The predicted molar refractivity (Wildman–Crippen MR) is 99.1 cm³/mol. The molecule has 0 N–H and O–H groups in total. The van der Waals surface area contributed by atoms with Crippen molar-refractivity contribution in [2.45, 2.75) is 29.4 Å². The second kappa shape index (κ2) is 8.45. The summed E-state index contributed by atoms with van der Waals surface area (Å²) in [6, 6.07) is 8.50. The molecular formula is C17H19ClFNO4S2. The average Bonchev–Trinajstić information content (AvgIpc) is 2.55. The Hall–Kier alpha value is -1.51. The molecule has 0 bridgehead atoms. The molecule has 1 atom stereocenters. The molecule has 1 unspecified atom stereocenters. The van der Waals surface area contributed by atoms with Crippen molar-refractivity contribution in [3.05, 3.63) is 59.1 Å². The summed E-state index contributed by atoms with van der Waals surface area (Å²) >= 11 is 5.81. The molecular weight excluding hydrogens is 401 g/mol. The fourth-order valence-corrected chi connectivity index (χ4v) is 5.28. The summed E-state index contributed by atoms with van der Waals surface area (Å²) in [5.74, 6) is -0.894. The molecule has 1 aromatic carbocycles. The molecule has 0 spiro atoms. The molecule has 9 heteroatoms. The van der Waals surface area contributed by atoms with Crippen LogP contribution in [0.2, 0.25) is 5.02 Å². The highest BCUT2D eigenvalue weighted by molar-refractivity contribution is 7.91. The van der Waals surface area contributed by atoms with Gasteiger partial charge in [0, 0.05) is 28.8 Å². The normalized spacial score (nSPS) is 13.5. The maximum Gasteiger partial charge on any atom is 0.217 e. The molecule has 0 aliphatic rings. The van der Waals surface area contributed by atoms with Crippen molar-refractivity contribution in [1.82, 2.24) is 4.98 Å². The first-order chi connectivity index (χ1) is 12.1. The molecule has 26 heavy (non-hydrogen) atoms. The van der Waals surface area contributed by atoms with Crippen LogP contribution >= 0.6 is 11.6 Å². The van der Waals surface area contributed by atoms with Crippen molar-refractivity contribution < 1.29 is 21.2 Å². The monoisotopic (exact) mass is 419 g/mol. The summed E-state index contributed by atoms with van der Waals surface area (Å²) in [5.41, 5.74) is -0.0261. The van der Waals surface area contributed by atoms with Gasteiger partial charge in [0.05, 0.1) is 10.1 Å². The van der Waals surface area contributed by atoms with Crippen molar-refractivity contribution in [2.75, 3.05) is 12.0 Å². The summed E-state index contributed by atoms with van der Waals surface area (Å²) < 4.78 is 62.7. The maximum absolute atomic E-state index is 14.2. The maximum atomic E-state index is 14.2. The topological polar surface area (TPSA) is 81.2 Å². The smallest absolute Gasteiger partial charge is 0.217 e. The molecule has 0 fully saturated rings. The Morgan fingerprint density at radius 1 is 1.08 bits per heavy atom. The van der Waals surface area contributed by atoms with Crippen molar-refractivity contribution in [2.24, 2.45) is 0 Å². The molecule has 0 amide bonds. The Labute approximate surface area is 158 Å². The molecule has 0 saturated heterocycles. The summed E-state index contributed by atoms with van der Waals surface area (Å²) in [6.45, 7) is 0. The van der Waals surface area contributed by atoms with Gasteiger partial charge < -0.3 is 0 Å². The van der Waals surface area contributed by atoms with E-state index in [0.29, 0.717) is 17.9 Å². The van der Waals surface area contributed by atoms with Crippen LogP contribution in [0.1, 0.15) is 30.1 Å². The largest absolute Gasteiger partial charge is 0.229 e. The first-order valence-corrected chi connectivity index (χ1v) is 11.9. The van der Waals surface area contributed by atoms with Crippen LogP contribution in [-0.2, 0) is 19.7 Å². The molecule has 5 nitrogen and oxygen atoms in total. The Bertz CT molecular complexity index is 961. The molecule has 1 aromatic heterocycles. The minimum atomic E-state index is -3.90. The van der Waals surface area contributed by atoms with Gasteiger partial charge in [-0.25, -0.2) is 21.8 Å². The number of pyridine rings is 1. The number of hydrogen-bond donors (Lipinski definition) is 0. The molecule has 2 aromatic rings. The highest BCUT2D eigenvalue weighted by Crippen LogP contribution is 2.34. The van der Waals surface area contributed by atoms with Crippen LogP contribution in [0.5, 0.6) is 0 Å². The SMILES string of the molecule is CS(=O)(=O)CCCCC(c1cccnc1F)S(=O)(=O)c1ccc(Cl)cc1. The van der Waals surface area contributed by atoms with E-state index in [0.717, 1.165) is 6.26 Å². The van der Waals surface area contributed by atoms with Crippen LogP contribution in [-0.4, -0.2) is 33.8 Å². The molecule has 0 saturated carbocycles. The average molecular weight is 420 g/mol. The molecule has 0 aliphatic heterocycles. The zero-order valence-electron chi connectivity index (χ0n) is 14.1. The van der Waals surface area contributed by atoms with E-state index in [4.69, 9.17) is 11.6 Å². The van der Waals surface area contributed by atoms with Gasteiger partial charge in [-0.15, -0.1) is 0 Å². The van der Waals surface area contributed by atoms with Gasteiger partial charge in [-0.1, -0.05) is 24.1 Å². The number of unbranched alkanes of at least 4 members (excludes halogenated alkanes) is 1. The summed E-state index contributed by atoms with van der Waals surface area (Å²) in [5, 5.41) is -0.766.